The van der Waals surface area contributed by atoms with E-state index in [4.69, 9.17) is 9.47 Å². The van der Waals surface area contributed by atoms with Gasteiger partial charge in [-0.1, -0.05) is 30.3 Å². The topological polar surface area (TPSA) is 40.5 Å². The zero-order chi connectivity index (χ0) is 19.7. The Balaban J connectivity index is 1.67. The third-order valence-corrected chi connectivity index (χ3v) is 5.03. The van der Waals surface area contributed by atoms with E-state index in [0.29, 0.717) is 17.1 Å². The van der Waals surface area contributed by atoms with E-state index in [9.17, 15) is 4.79 Å². The van der Waals surface area contributed by atoms with Gasteiger partial charge in [-0.2, -0.15) is 0 Å². The van der Waals surface area contributed by atoms with E-state index in [1.54, 1.807) is 38.5 Å². The Morgan fingerprint density at radius 3 is 2.39 bits per heavy atom. The lowest BCUT2D eigenvalue weighted by Crippen LogP contribution is -1.97. The normalized spacial score (nSPS) is 11.4. The third kappa shape index (κ3) is 3.03. The van der Waals surface area contributed by atoms with Crippen molar-refractivity contribution < 1.29 is 14.3 Å². The van der Waals surface area contributed by atoms with Gasteiger partial charge in [-0.3, -0.25) is 4.79 Å². The number of fused-ring (bicyclic) bond motifs is 3. The molecule has 4 aromatic rings. The van der Waals surface area contributed by atoms with Gasteiger partial charge in [0.1, 0.15) is 0 Å². The van der Waals surface area contributed by atoms with E-state index in [-0.39, 0.29) is 5.78 Å². The number of methoxy groups -OCH3 is 2. The number of para-hydroxylation sites is 1. The monoisotopic (exact) mass is 371 g/mol. The van der Waals surface area contributed by atoms with Gasteiger partial charge >= 0.3 is 0 Å². The first-order valence-electron chi connectivity index (χ1n) is 9.04. The molecule has 1 aromatic heterocycles. The quantitative estimate of drug-likeness (QED) is 0.356. The van der Waals surface area contributed by atoms with Crippen LogP contribution in [0.2, 0.25) is 0 Å². The van der Waals surface area contributed by atoms with E-state index in [2.05, 4.69) is 35.9 Å². The molecule has 0 amide bonds. The van der Waals surface area contributed by atoms with Crippen LogP contribution in [0.3, 0.4) is 0 Å². The summed E-state index contributed by atoms with van der Waals surface area (Å²) in [4.78, 5) is 12.6. The number of aryl methyl sites for hydroxylation is 1. The van der Waals surface area contributed by atoms with Gasteiger partial charge in [0.2, 0.25) is 0 Å². The SMILES string of the molecule is COc1ccc(C(=O)/C=C/c2ccc3c(c2)c2ccccc2n3C)cc1OC. The fourth-order valence-electron chi connectivity index (χ4n) is 3.55. The molecule has 0 fully saturated rings. The summed E-state index contributed by atoms with van der Waals surface area (Å²) in [5, 5.41) is 2.39. The van der Waals surface area contributed by atoms with Crippen LogP contribution in [0, 0.1) is 0 Å². The van der Waals surface area contributed by atoms with Crippen molar-refractivity contribution in [3.05, 3.63) is 77.9 Å². The maximum atomic E-state index is 12.6. The summed E-state index contributed by atoms with van der Waals surface area (Å²) in [6, 6.07) is 19.7. The summed E-state index contributed by atoms with van der Waals surface area (Å²) >= 11 is 0. The molecule has 0 atom stereocenters. The second-order valence-electron chi connectivity index (χ2n) is 6.62. The average Bonchev–Trinajstić information content (AvgIpc) is 3.03. The van der Waals surface area contributed by atoms with Gasteiger partial charge in [0.05, 0.1) is 14.2 Å². The van der Waals surface area contributed by atoms with Crippen LogP contribution in [0.25, 0.3) is 27.9 Å². The maximum Gasteiger partial charge on any atom is 0.185 e. The molecule has 4 rings (SSSR count). The summed E-state index contributed by atoms with van der Waals surface area (Å²) in [6.45, 7) is 0. The van der Waals surface area contributed by atoms with Gasteiger partial charge in [-0.15, -0.1) is 0 Å². The van der Waals surface area contributed by atoms with Gasteiger partial charge in [0, 0.05) is 34.4 Å². The Morgan fingerprint density at radius 2 is 1.61 bits per heavy atom. The van der Waals surface area contributed by atoms with Crippen LogP contribution in [0.1, 0.15) is 15.9 Å². The molecule has 0 aliphatic heterocycles. The molecule has 0 bridgehead atoms. The largest absolute Gasteiger partial charge is 0.493 e. The highest BCUT2D eigenvalue weighted by molar-refractivity contribution is 6.10. The molecule has 0 saturated heterocycles. The highest BCUT2D eigenvalue weighted by Gasteiger charge is 2.10. The van der Waals surface area contributed by atoms with Gasteiger partial charge in [-0.05, 0) is 48.0 Å². The van der Waals surface area contributed by atoms with Crippen molar-refractivity contribution in [1.82, 2.24) is 4.57 Å². The Hall–Kier alpha value is -3.53. The molecular formula is C24H21NO3. The third-order valence-electron chi connectivity index (χ3n) is 5.03. The van der Waals surface area contributed by atoms with Crippen LogP contribution >= 0.6 is 0 Å². The van der Waals surface area contributed by atoms with Crippen molar-refractivity contribution in [2.45, 2.75) is 0 Å². The Bertz CT molecular complexity index is 1220. The molecule has 0 aliphatic carbocycles. The van der Waals surface area contributed by atoms with Crippen LogP contribution in [-0.2, 0) is 7.05 Å². The zero-order valence-electron chi connectivity index (χ0n) is 16.1. The number of carbonyl (C=O) groups is 1. The number of benzene rings is 3. The number of ketones is 1. The smallest absolute Gasteiger partial charge is 0.185 e. The van der Waals surface area contributed by atoms with Crippen molar-refractivity contribution >= 4 is 33.7 Å². The molecule has 0 radical (unpaired) electrons. The molecule has 28 heavy (non-hydrogen) atoms. The molecule has 4 nitrogen and oxygen atoms in total. The summed E-state index contributed by atoms with van der Waals surface area (Å²) in [5.41, 5.74) is 3.91. The van der Waals surface area contributed by atoms with Crippen LogP contribution in [-0.4, -0.2) is 24.6 Å². The second-order valence-corrected chi connectivity index (χ2v) is 6.62. The number of carbonyl (C=O) groups excluding carboxylic acids is 1. The molecule has 0 unspecified atom stereocenters. The molecule has 0 N–H and O–H groups in total. The van der Waals surface area contributed by atoms with Crippen molar-refractivity contribution in [3.8, 4) is 11.5 Å². The summed E-state index contributed by atoms with van der Waals surface area (Å²) < 4.78 is 12.7. The summed E-state index contributed by atoms with van der Waals surface area (Å²) in [6.07, 6.45) is 3.44. The average molecular weight is 371 g/mol. The van der Waals surface area contributed by atoms with E-state index >= 15 is 0 Å². The molecule has 0 spiro atoms. The Kier molecular flexibility index (Phi) is 4.62. The highest BCUT2D eigenvalue weighted by atomic mass is 16.5. The fraction of sp³-hybridized carbons (Fsp3) is 0.125. The maximum absolute atomic E-state index is 12.6. The minimum atomic E-state index is -0.0843. The molecular weight excluding hydrogens is 350 g/mol. The standard InChI is InChI=1S/C24H21NO3/c1-25-20-7-5-4-6-18(20)19-14-16(8-11-21(19)25)9-12-22(26)17-10-13-23(27-2)24(15-17)28-3/h4-15H,1-3H3/b12-9+. The molecule has 3 aromatic carbocycles. The first-order valence-corrected chi connectivity index (χ1v) is 9.04. The number of nitrogens with zero attached hydrogens (tertiary/aromatic N) is 1. The minimum absolute atomic E-state index is 0.0843. The fourth-order valence-corrected chi connectivity index (χ4v) is 3.55. The van der Waals surface area contributed by atoms with E-state index in [1.807, 2.05) is 24.3 Å². The van der Waals surface area contributed by atoms with E-state index in [1.165, 1.54) is 21.8 Å². The Labute approximate surface area is 163 Å². The van der Waals surface area contributed by atoms with E-state index in [0.717, 1.165) is 5.56 Å². The number of rotatable bonds is 5. The highest BCUT2D eigenvalue weighted by Crippen LogP contribution is 2.30. The van der Waals surface area contributed by atoms with E-state index < -0.39 is 0 Å². The molecule has 0 saturated carbocycles. The lowest BCUT2D eigenvalue weighted by atomic mass is 10.1. The predicted octanol–water partition coefficient (Wildman–Crippen LogP) is 5.24. The number of ether oxygens (including phenoxy) is 2. The van der Waals surface area contributed by atoms with Gasteiger partial charge in [0.15, 0.2) is 17.3 Å². The van der Waals surface area contributed by atoms with Gasteiger partial charge in [-0.25, -0.2) is 0 Å². The lowest BCUT2D eigenvalue weighted by molar-refractivity contribution is 0.104. The minimum Gasteiger partial charge on any atom is -0.493 e. The predicted molar refractivity (Wildman–Crippen MR) is 113 cm³/mol. The van der Waals surface area contributed by atoms with Crippen molar-refractivity contribution in [2.75, 3.05) is 14.2 Å². The summed E-state index contributed by atoms with van der Waals surface area (Å²) in [5.74, 6) is 1.06. The number of hydrogen-bond acceptors (Lipinski definition) is 3. The molecule has 4 heteroatoms. The van der Waals surface area contributed by atoms with Crippen LogP contribution < -0.4 is 9.47 Å². The zero-order valence-corrected chi connectivity index (χ0v) is 16.1. The second kappa shape index (κ2) is 7.24. The Morgan fingerprint density at radius 1 is 0.857 bits per heavy atom. The molecule has 0 aliphatic rings. The van der Waals surface area contributed by atoms with Crippen molar-refractivity contribution in [3.63, 3.8) is 0 Å². The molecule has 1 heterocycles. The number of hydrogen-bond donors (Lipinski definition) is 0. The van der Waals surface area contributed by atoms with Gasteiger partial charge < -0.3 is 14.0 Å². The van der Waals surface area contributed by atoms with Crippen LogP contribution in [0.5, 0.6) is 11.5 Å². The van der Waals surface area contributed by atoms with Crippen molar-refractivity contribution in [1.29, 1.82) is 0 Å². The number of allylic oxidation sites excluding steroid dienone is 1. The van der Waals surface area contributed by atoms with Crippen LogP contribution in [0.4, 0.5) is 0 Å². The van der Waals surface area contributed by atoms with Crippen LogP contribution in [0.15, 0.2) is 66.7 Å². The van der Waals surface area contributed by atoms with Crippen molar-refractivity contribution in [2.24, 2.45) is 7.05 Å². The number of aromatic nitrogens is 1. The summed E-state index contributed by atoms with van der Waals surface area (Å²) in [7, 11) is 5.20. The first kappa shape index (κ1) is 17.9. The first-order chi connectivity index (χ1) is 13.6. The molecule has 140 valence electrons. The lowest BCUT2D eigenvalue weighted by Gasteiger charge is -2.08. The van der Waals surface area contributed by atoms with Gasteiger partial charge in [0.25, 0.3) is 0 Å².